The van der Waals surface area contributed by atoms with Crippen molar-refractivity contribution in [2.75, 3.05) is 11.9 Å². The summed E-state index contributed by atoms with van der Waals surface area (Å²) < 4.78 is 14.1. The average molecular weight is 253 g/mol. The third-order valence-electron chi connectivity index (χ3n) is 3.66. The Morgan fingerprint density at radius 1 is 1.22 bits per heavy atom. The van der Waals surface area contributed by atoms with Crippen LogP contribution in [0.3, 0.4) is 0 Å². The van der Waals surface area contributed by atoms with Crippen molar-refractivity contribution >= 4 is 5.69 Å². The maximum Gasteiger partial charge on any atom is 0.146 e. The van der Waals surface area contributed by atoms with Crippen molar-refractivity contribution in [2.24, 2.45) is 5.41 Å². The molecule has 3 heteroatoms. The number of benzene rings is 1. The van der Waals surface area contributed by atoms with E-state index >= 15 is 0 Å². The first-order valence-corrected chi connectivity index (χ1v) is 6.35. The molecule has 0 spiro atoms. The summed E-state index contributed by atoms with van der Waals surface area (Å²) in [5.74, 6) is -0.285. The molecule has 2 atom stereocenters. The van der Waals surface area contributed by atoms with Gasteiger partial charge >= 0.3 is 0 Å². The molecule has 2 nitrogen and oxygen atoms in total. The van der Waals surface area contributed by atoms with Crippen LogP contribution in [0.5, 0.6) is 0 Å². The van der Waals surface area contributed by atoms with Crippen molar-refractivity contribution in [3.05, 3.63) is 29.6 Å². The molecular formula is C15H24FNO. The van der Waals surface area contributed by atoms with Gasteiger partial charge in [0.15, 0.2) is 0 Å². The molecule has 0 aliphatic heterocycles. The molecule has 0 bridgehead atoms. The predicted octanol–water partition coefficient (Wildman–Crippen LogP) is 3.75. The molecule has 0 fully saturated rings. The summed E-state index contributed by atoms with van der Waals surface area (Å²) in [6.07, 6.45) is -0.676. The van der Waals surface area contributed by atoms with E-state index in [0.717, 1.165) is 0 Å². The van der Waals surface area contributed by atoms with Crippen molar-refractivity contribution in [1.29, 1.82) is 0 Å². The van der Waals surface area contributed by atoms with Crippen molar-refractivity contribution < 1.29 is 9.50 Å². The van der Waals surface area contributed by atoms with E-state index in [4.69, 9.17) is 0 Å². The van der Waals surface area contributed by atoms with Crippen LogP contribution in [0, 0.1) is 11.2 Å². The summed E-state index contributed by atoms with van der Waals surface area (Å²) in [6.45, 7) is 10.1. The van der Waals surface area contributed by atoms with Crippen LogP contribution in [0.4, 0.5) is 10.1 Å². The second kappa shape index (κ2) is 5.27. The minimum Gasteiger partial charge on any atom is -0.389 e. The zero-order valence-electron chi connectivity index (χ0n) is 12.2. The van der Waals surface area contributed by atoms with E-state index in [9.17, 15) is 9.50 Å². The summed E-state index contributed by atoms with van der Waals surface area (Å²) in [5.41, 5.74) is 1.16. The minimum atomic E-state index is -0.676. The average Bonchev–Trinajstić information content (AvgIpc) is 2.25. The van der Waals surface area contributed by atoms with Gasteiger partial charge in [0.25, 0.3) is 0 Å². The number of halogens is 1. The lowest BCUT2D eigenvalue weighted by Crippen LogP contribution is -2.40. The molecule has 1 rings (SSSR count). The van der Waals surface area contributed by atoms with Crippen LogP contribution < -0.4 is 4.90 Å². The Hall–Kier alpha value is -1.09. The van der Waals surface area contributed by atoms with Crippen LogP contribution in [0.25, 0.3) is 0 Å². The van der Waals surface area contributed by atoms with Crippen molar-refractivity contribution in [3.8, 4) is 0 Å². The molecule has 18 heavy (non-hydrogen) atoms. The smallest absolute Gasteiger partial charge is 0.146 e. The number of anilines is 1. The number of rotatable bonds is 3. The highest BCUT2D eigenvalue weighted by Gasteiger charge is 2.27. The molecule has 0 heterocycles. The highest BCUT2D eigenvalue weighted by molar-refractivity contribution is 5.56. The lowest BCUT2D eigenvalue weighted by Gasteiger charge is -2.38. The van der Waals surface area contributed by atoms with Gasteiger partial charge in [0.2, 0.25) is 0 Å². The van der Waals surface area contributed by atoms with Gasteiger partial charge in [0.05, 0.1) is 11.8 Å². The van der Waals surface area contributed by atoms with Gasteiger partial charge in [-0.05, 0) is 25.3 Å². The number of hydrogen-bond donors (Lipinski definition) is 1. The van der Waals surface area contributed by atoms with Gasteiger partial charge in [-0.2, -0.15) is 0 Å². The number of nitrogens with zero attached hydrogens (tertiary/aromatic N) is 1. The molecule has 1 aromatic rings. The molecule has 0 aromatic heterocycles. The fourth-order valence-corrected chi connectivity index (χ4v) is 2.02. The van der Waals surface area contributed by atoms with E-state index in [1.54, 1.807) is 19.1 Å². The van der Waals surface area contributed by atoms with E-state index in [-0.39, 0.29) is 17.3 Å². The van der Waals surface area contributed by atoms with E-state index < -0.39 is 6.10 Å². The molecule has 0 aliphatic carbocycles. The summed E-state index contributed by atoms with van der Waals surface area (Å²) in [7, 11) is 1.88. The van der Waals surface area contributed by atoms with Gasteiger partial charge in [-0.3, -0.25) is 0 Å². The van der Waals surface area contributed by atoms with Crippen LogP contribution in [-0.2, 0) is 0 Å². The Morgan fingerprint density at radius 3 is 2.22 bits per heavy atom. The van der Waals surface area contributed by atoms with E-state index in [2.05, 4.69) is 27.7 Å². The topological polar surface area (TPSA) is 23.5 Å². The summed E-state index contributed by atoms with van der Waals surface area (Å²) in [4.78, 5) is 1.91. The first-order valence-electron chi connectivity index (χ1n) is 6.35. The third kappa shape index (κ3) is 3.02. The summed E-state index contributed by atoms with van der Waals surface area (Å²) >= 11 is 0. The van der Waals surface area contributed by atoms with Crippen LogP contribution in [-0.4, -0.2) is 18.2 Å². The molecule has 102 valence electrons. The zero-order valence-corrected chi connectivity index (χ0v) is 12.2. The quantitative estimate of drug-likeness (QED) is 0.886. The van der Waals surface area contributed by atoms with Gasteiger partial charge in [0, 0.05) is 18.7 Å². The fraction of sp³-hybridized carbons (Fsp3) is 0.600. The normalized spacial score (nSPS) is 15.3. The van der Waals surface area contributed by atoms with Gasteiger partial charge in [-0.1, -0.05) is 32.9 Å². The Balaban J connectivity index is 3.24. The van der Waals surface area contributed by atoms with Crippen LogP contribution in [0.1, 0.15) is 46.3 Å². The van der Waals surface area contributed by atoms with E-state index in [1.165, 1.54) is 6.07 Å². The monoisotopic (exact) mass is 253 g/mol. The molecule has 0 aliphatic rings. The third-order valence-corrected chi connectivity index (χ3v) is 3.66. The van der Waals surface area contributed by atoms with Gasteiger partial charge in [0.1, 0.15) is 5.82 Å². The molecule has 0 amide bonds. The Bertz CT molecular complexity index is 409. The highest BCUT2D eigenvalue weighted by Crippen LogP contribution is 2.33. The number of hydrogen-bond acceptors (Lipinski definition) is 2. The Morgan fingerprint density at radius 2 is 1.78 bits per heavy atom. The second-order valence-corrected chi connectivity index (χ2v) is 6.01. The number of para-hydroxylation sites is 1. The number of aliphatic hydroxyl groups excluding tert-OH is 1. The first kappa shape index (κ1) is 15.0. The molecular weight excluding hydrogens is 229 g/mol. The van der Waals surface area contributed by atoms with Crippen LogP contribution in [0.15, 0.2) is 18.2 Å². The highest BCUT2D eigenvalue weighted by atomic mass is 19.1. The SMILES string of the molecule is CC(O)c1cccc(F)c1N(C)C(C)C(C)(C)C. The lowest BCUT2D eigenvalue weighted by atomic mass is 9.86. The first-order chi connectivity index (χ1) is 8.16. The Kier molecular flexibility index (Phi) is 4.38. The van der Waals surface area contributed by atoms with E-state index in [0.29, 0.717) is 11.3 Å². The fourth-order valence-electron chi connectivity index (χ4n) is 2.02. The van der Waals surface area contributed by atoms with Crippen LogP contribution >= 0.6 is 0 Å². The standard InChI is InChI=1S/C15H24FNO/c1-10(18)12-8-7-9-13(16)14(12)17(6)11(2)15(3,4)5/h7-11,18H,1-6H3. The second-order valence-electron chi connectivity index (χ2n) is 6.01. The van der Waals surface area contributed by atoms with Gasteiger partial charge in [-0.15, -0.1) is 0 Å². The van der Waals surface area contributed by atoms with Crippen molar-refractivity contribution in [1.82, 2.24) is 0 Å². The predicted molar refractivity (Wildman–Crippen MR) is 74.4 cm³/mol. The maximum absolute atomic E-state index is 14.1. The molecule has 1 N–H and O–H groups in total. The molecule has 1 aromatic carbocycles. The summed E-state index contributed by atoms with van der Waals surface area (Å²) in [6, 6.07) is 5.00. The molecule has 2 unspecified atom stereocenters. The van der Waals surface area contributed by atoms with Crippen molar-refractivity contribution in [2.45, 2.75) is 46.8 Å². The molecule has 0 saturated carbocycles. The maximum atomic E-state index is 14.1. The minimum absolute atomic E-state index is 0.0347. The molecule has 0 radical (unpaired) electrons. The van der Waals surface area contributed by atoms with E-state index in [1.807, 2.05) is 11.9 Å². The van der Waals surface area contributed by atoms with Gasteiger partial charge in [-0.25, -0.2) is 4.39 Å². The zero-order chi connectivity index (χ0) is 14.1. The number of aliphatic hydroxyl groups is 1. The van der Waals surface area contributed by atoms with Crippen molar-refractivity contribution in [3.63, 3.8) is 0 Å². The Labute approximate surface area is 109 Å². The van der Waals surface area contributed by atoms with Gasteiger partial charge < -0.3 is 10.0 Å². The van der Waals surface area contributed by atoms with Crippen LogP contribution in [0.2, 0.25) is 0 Å². The molecule has 0 saturated heterocycles. The summed E-state index contributed by atoms with van der Waals surface area (Å²) in [5, 5.41) is 9.77. The lowest BCUT2D eigenvalue weighted by molar-refractivity contribution is 0.198. The largest absolute Gasteiger partial charge is 0.389 e.